The zero-order valence-electron chi connectivity index (χ0n) is 11.1. The molecular formula is C16H19OP. The maximum Gasteiger partial charge on any atom is 0.143 e. The monoisotopic (exact) mass is 258 g/mol. The van der Waals surface area contributed by atoms with E-state index in [2.05, 4.69) is 39.0 Å². The number of carbonyl (C=O) groups is 1. The summed E-state index contributed by atoms with van der Waals surface area (Å²) >= 11 is 0. The minimum atomic E-state index is 0.307. The molecule has 2 heteroatoms. The van der Waals surface area contributed by atoms with Crippen molar-refractivity contribution in [2.75, 3.05) is 0 Å². The van der Waals surface area contributed by atoms with Crippen molar-refractivity contribution in [1.29, 1.82) is 0 Å². The Balaban J connectivity index is 0.000000180. The second-order valence-corrected chi connectivity index (χ2v) is 5.40. The summed E-state index contributed by atoms with van der Waals surface area (Å²) in [5.41, 5.74) is 4.06. The lowest BCUT2D eigenvalue weighted by Gasteiger charge is -1.96. The molecule has 94 valence electrons. The van der Waals surface area contributed by atoms with E-state index in [1.54, 1.807) is 0 Å². The topological polar surface area (TPSA) is 17.1 Å². The highest BCUT2D eigenvalue weighted by Crippen LogP contribution is 2.06. The first-order valence-electron chi connectivity index (χ1n) is 5.92. The maximum atomic E-state index is 9.99. The smallest absolute Gasteiger partial charge is 0.143 e. The molecular weight excluding hydrogens is 239 g/mol. The predicted molar refractivity (Wildman–Crippen MR) is 81.8 cm³/mol. The minimum absolute atomic E-state index is 0.307. The van der Waals surface area contributed by atoms with Gasteiger partial charge in [0.05, 0.1) is 0 Å². The normalized spacial score (nSPS) is 9.94. The zero-order valence-corrected chi connectivity index (χ0v) is 12.1. The zero-order chi connectivity index (χ0) is 13.4. The van der Waals surface area contributed by atoms with Crippen LogP contribution in [0.1, 0.15) is 16.7 Å². The number of carbonyl (C=O) groups excluding carboxylic acids is 1. The van der Waals surface area contributed by atoms with Gasteiger partial charge in [0.1, 0.15) is 6.03 Å². The van der Waals surface area contributed by atoms with Crippen LogP contribution in [0.25, 0.3) is 0 Å². The molecule has 2 aromatic carbocycles. The summed E-state index contributed by atoms with van der Waals surface area (Å²) in [4.78, 5) is 9.99. The highest BCUT2D eigenvalue weighted by Gasteiger charge is 1.87. The SMILES string of the molecule is Cc1cc(C)cc(C)c1.O=CPc1ccccc1. The molecule has 18 heavy (non-hydrogen) atoms. The quantitative estimate of drug-likeness (QED) is 0.591. The van der Waals surface area contributed by atoms with E-state index < -0.39 is 0 Å². The molecule has 0 heterocycles. The third kappa shape index (κ3) is 5.75. The van der Waals surface area contributed by atoms with E-state index in [-0.39, 0.29) is 0 Å². The molecule has 0 radical (unpaired) electrons. The highest BCUT2D eigenvalue weighted by molar-refractivity contribution is 7.62. The van der Waals surface area contributed by atoms with Gasteiger partial charge in [-0.2, -0.15) is 0 Å². The van der Waals surface area contributed by atoms with Gasteiger partial charge in [-0.1, -0.05) is 65.2 Å². The fourth-order valence-electron chi connectivity index (χ4n) is 1.80. The predicted octanol–water partition coefficient (Wildman–Crippen LogP) is 3.79. The second kappa shape index (κ2) is 7.79. The van der Waals surface area contributed by atoms with Crippen molar-refractivity contribution >= 4 is 19.9 Å². The molecule has 0 bridgehead atoms. The molecule has 0 aliphatic rings. The molecule has 0 aliphatic heterocycles. The number of aryl methyl sites for hydroxylation is 3. The van der Waals surface area contributed by atoms with Crippen LogP contribution in [0.3, 0.4) is 0 Å². The van der Waals surface area contributed by atoms with Crippen molar-refractivity contribution in [3.8, 4) is 0 Å². The molecule has 2 rings (SSSR count). The molecule has 2 aromatic rings. The van der Waals surface area contributed by atoms with Gasteiger partial charge in [0, 0.05) is 0 Å². The van der Waals surface area contributed by atoms with Crippen molar-refractivity contribution < 1.29 is 4.79 Å². The van der Waals surface area contributed by atoms with Gasteiger partial charge in [-0.25, -0.2) is 0 Å². The third-order valence-corrected chi connectivity index (χ3v) is 3.15. The van der Waals surface area contributed by atoms with Crippen LogP contribution < -0.4 is 5.30 Å². The van der Waals surface area contributed by atoms with Gasteiger partial charge < -0.3 is 0 Å². The summed E-state index contributed by atoms with van der Waals surface area (Å²) in [7, 11) is 0.307. The molecule has 0 aromatic heterocycles. The van der Waals surface area contributed by atoms with Crippen LogP contribution in [0, 0.1) is 20.8 Å². The number of benzene rings is 2. The molecule has 1 atom stereocenters. The Morgan fingerprint density at radius 2 is 1.28 bits per heavy atom. The van der Waals surface area contributed by atoms with Crippen LogP contribution in [0.5, 0.6) is 0 Å². The summed E-state index contributed by atoms with van der Waals surface area (Å²) in [6, 6.07) is 17.2. The molecule has 0 saturated carbocycles. The molecule has 0 saturated heterocycles. The van der Waals surface area contributed by atoms with Crippen LogP contribution in [-0.2, 0) is 4.79 Å². The van der Waals surface area contributed by atoms with E-state index in [0.29, 0.717) is 8.58 Å². The second-order valence-electron chi connectivity index (χ2n) is 4.29. The lowest BCUT2D eigenvalue weighted by atomic mass is 10.1. The lowest BCUT2D eigenvalue weighted by molar-refractivity contribution is 0.569. The third-order valence-electron chi connectivity index (χ3n) is 2.37. The number of hydrogen-bond acceptors (Lipinski definition) is 1. The maximum absolute atomic E-state index is 9.99. The molecule has 1 unspecified atom stereocenters. The van der Waals surface area contributed by atoms with Gasteiger partial charge >= 0.3 is 0 Å². The number of hydrogen-bond donors (Lipinski definition) is 0. The summed E-state index contributed by atoms with van der Waals surface area (Å²) in [5, 5.41) is 1.10. The minimum Gasteiger partial charge on any atom is -0.298 e. The van der Waals surface area contributed by atoms with Crippen molar-refractivity contribution in [1.82, 2.24) is 0 Å². The van der Waals surface area contributed by atoms with Gasteiger partial charge in [-0.05, 0) is 34.7 Å². The van der Waals surface area contributed by atoms with E-state index in [0.717, 1.165) is 11.3 Å². The van der Waals surface area contributed by atoms with Gasteiger partial charge in [-0.3, -0.25) is 4.79 Å². The lowest BCUT2D eigenvalue weighted by Crippen LogP contribution is -1.89. The van der Waals surface area contributed by atoms with E-state index in [4.69, 9.17) is 0 Å². The number of rotatable bonds is 2. The van der Waals surface area contributed by atoms with Gasteiger partial charge in [0.25, 0.3) is 0 Å². The molecule has 0 amide bonds. The first kappa shape index (κ1) is 14.6. The van der Waals surface area contributed by atoms with Crippen LogP contribution in [-0.4, -0.2) is 6.03 Å². The fraction of sp³-hybridized carbons (Fsp3) is 0.188. The van der Waals surface area contributed by atoms with Gasteiger partial charge in [0.15, 0.2) is 0 Å². The van der Waals surface area contributed by atoms with Crippen molar-refractivity contribution in [3.05, 3.63) is 65.2 Å². The molecule has 1 nitrogen and oxygen atoms in total. The molecule has 0 N–H and O–H groups in total. The summed E-state index contributed by atoms with van der Waals surface area (Å²) < 4.78 is 0. The van der Waals surface area contributed by atoms with E-state index >= 15 is 0 Å². The first-order chi connectivity index (χ1) is 8.61. The molecule has 0 aliphatic carbocycles. The Kier molecular flexibility index (Phi) is 6.32. The van der Waals surface area contributed by atoms with Crippen LogP contribution in [0.15, 0.2) is 48.5 Å². The molecule has 0 fully saturated rings. The Morgan fingerprint density at radius 3 is 1.67 bits per heavy atom. The standard InChI is InChI=1S/C9H12.C7H7OP/c1-7-4-8(2)6-9(3)5-7;8-6-9-7-4-2-1-3-5-7/h4-6H,1-3H3;1-6,9H. The summed E-state index contributed by atoms with van der Waals surface area (Å²) in [6.45, 7) is 6.38. The van der Waals surface area contributed by atoms with Crippen molar-refractivity contribution in [2.24, 2.45) is 0 Å². The van der Waals surface area contributed by atoms with Crippen molar-refractivity contribution in [3.63, 3.8) is 0 Å². The largest absolute Gasteiger partial charge is 0.298 e. The Morgan fingerprint density at radius 1 is 0.833 bits per heavy atom. The Labute approximate surface area is 111 Å². The van der Waals surface area contributed by atoms with E-state index in [9.17, 15) is 4.79 Å². The summed E-state index contributed by atoms with van der Waals surface area (Å²) in [5.74, 6) is 0. The van der Waals surface area contributed by atoms with Gasteiger partial charge in [0.2, 0.25) is 0 Å². The first-order valence-corrected chi connectivity index (χ1v) is 6.99. The Bertz CT molecular complexity index is 441. The van der Waals surface area contributed by atoms with Crippen molar-refractivity contribution in [2.45, 2.75) is 20.8 Å². The van der Waals surface area contributed by atoms with E-state index in [1.807, 2.05) is 30.3 Å². The fourth-order valence-corrected chi connectivity index (χ4v) is 2.33. The van der Waals surface area contributed by atoms with E-state index in [1.165, 1.54) is 16.7 Å². The average Bonchev–Trinajstić information content (AvgIpc) is 2.29. The van der Waals surface area contributed by atoms with Crippen LogP contribution in [0.2, 0.25) is 0 Å². The summed E-state index contributed by atoms with van der Waals surface area (Å²) in [6.07, 6.45) is 0. The molecule has 0 spiro atoms. The van der Waals surface area contributed by atoms with Crippen LogP contribution >= 0.6 is 8.58 Å². The Hall–Kier alpha value is -1.46. The van der Waals surface area contributed by atoms with Gasteiger partial charge in [-0.15, -0.1) is 0 Å². The average molecular weight is 258 g/mol. The highest BCUT2D eigenvalue weighted by atomic mass is 31.1. The van der Waals surface area contributed by atoms with Crippen LogP contribution in [0.4, 0.5) is 0 Å².